The van der Waals surface area contributed by atoms with Gasteiger partial charge < -0.3 is 14.8 Å². The summed E-state index contributed by atoms with van der Waals surface area (Å²) < 4.78 is 11.0. The van der Waals surface area contributed by atoms with Gasteiger partial charge >= 0.3 is 0 Å². The minimum Gasteiger partial charge on any atom is -0.375 e. The number of rotatable bonds is 2. The molecule has 1 atom stereocenters. The molecule has 0 fully saturated rings. The summed E-state index contributed by atoms with van der Waals surface area (Å²) in [4.78, 5) is 30.0. The molecule has 7 heteroatoms. The number of carbonyl (C=O) groups excluding carboxylic acids is 2. The van der Waals surface area contributed by atoms with Crippen molar-refractivity contribution in [3.63, 3.8) is 0 Å². The quantitative estimate of drug-likeness (QED) is 0.631. The summed E-state index contributed by atoms with van der Waals surface area (Å²) in [5, 5.41) is 3.89. The number of carbonyl (C=O) groups is 2. The highest BCUT2D eigenvalue weighted by atomic mass is 16.7. The molecule has 1 aliphatic heterocycles. The van der Waals surface area contributed by atoms with Crippen LogP contribution in [0.1, 0.15) is 36.2 Å². The average Bonchev–Trinajstić information content (AvgIpc) is 2.71. The normalized spacial score (nSPS) is 19.4. The van der Waals surface area contributed by atoms with Crippen LogP contribution < -0.4 is 5.32 Å². The van der Waals surface area contributed by atoms with Crippen LogP contribution in [0.2, 0.25) is 0 Å². The molecule has 7 nitrogen and oxygen atoms in total. The first kappa shape index (κ1) is 22.8. The van der Waals surface area contributed by atoms with Crippen molar-refractivity contribution in [1.82, 2.24) is 10.4 Å². The van der Waals surface area contributed by atoms with Gasteiger partial charge in [-0.25, -0.2) is 5.06 Å². The van der Waals surface area contributed by atoms with Gasteiger partial charge in [-0.15, -0.1) is 0 Å². The maximum Gasteiger partial charge on any atom is 0.268 e. The van der Waals surface area contributed by atoms with Crippen molar-refractivity contribution in [3.05, 3.63) is 47.5 Å². The van der Waals surface area contributed by atoms with E-state index in [-0.39, 0.29) is 11.8 Å². The van der Waals surface area contributed by atoms with Crippen LogP contribution in [0.25, 0.3) is 0 Å². The second kappa shape index (κ2) is 13.0. The molecule has 0 saturated carbocycles. The molecule has 0 saturated heterocycles. The van der Waals surface area contributed by atoms with Gasteiger partial charge in [0.2, 0.25) is 0 Å². The molecular weight excluding hydrogens is 348 g/mol. The van der Waals surface area contributed by atoms with E-state index in [1.165, 1.54) is 14.2 Å². The predicted molar refractivity (Wildman–Crippen MR) is 103 cm³/mol. The van der Waals surface area contributed by atoms with Crippen LogP contribution in [-0.4, -0.2) is 56.9 Å². The van der Waals surface area contributed by atoms with Crippen LogP contribution in [0.3, 0.4) is 0 Å². The lowest BCUT2D eigenvalue weighted by Crippen LogP contribution is -2.47. The summed E-state index contributed by atoms with van der Waals surface area (Å²) in [6, 6.07) is 6.44. The minimum absolute atomic E-state index is 0.305. The Morgan fingerprint density at radius 2 is 1.89 bits per heavy atom. The molecule has 0 aliphatic carbocycles. The van der Waals surface area contributed by atoms with Gasteiger partial charge in [0, 0.05) is 12.6 Å². The van der Waals surface area contributed by atoms with Crippen molar-refractivity contribution in [2.75, 3.05) is 34.0 Å². The summed E-state index contributed by atoms with van der Waals surface area (Å²) in [5.74, 6) is -0.647. The molecule has 1 aromatic carbocycles. The standard InChI is InChI=1S/C18H24N2O5.C2H6/c1-20(23-2)18(22)16-9-5-6-10-24-11-12-25-13-14-7-3-4-8-15(14)17(21)19-16;1-2/h3-8,16H,9-13H2,1-2H3,(H,19,21);1-2H3/b6-5-;. The van der Waals surface area contributed by atoms with Gasteiger partial charge in [0.15, 0.2) is 0 Å². The Morgan fingerprint density at radius 3 is 2.63 bits per heavy atom. The molecule has 1 N–H and O–H groups in total. The highest BCUT2D eigenvalue weighted by Gasteiger charge is 2.24. The molecule has 150 valence electrons. The zero-order valence-electron chi connectivity index (χ0n) is 16.6. The van der Waals surface area contributed by atoms with E-state index in [0.717, 1.165) is 10.6 Å². The third kappa shape index (κ3) is 7.50. The van der Waals surface area contributed by atoms with E-state index in [4.69, 9.17) is 14.3 Å². The van der Waals surface area contributed by atoms with E-state index in [0.29, 0.717) is 38.4 Å². The topological polar surface area (TPSA) is 77.1 Å². The maximum atomic E-state index is 12.7. The lowest BCUT2D eigenvalue weighted by atomic mass is 10.1. The highest BCUT2D eigenvalue weighted by molar-refractivity contribution is 5.98. The third-order valence-corrected chi connectivity index (χ3v) is 3.83. The van der Waals surface area contributed by atoms with Crippen LogP contribution in [0.15, 0.2) is 36.4 Å². The fourth-order valence-electron chi connectivity index (χ4n) is 2.39. The van der Waals surface area contributed by atoms with Crippen molar-refractivity contribution >= 4 is 11.8 Å². The molecule has 27 heavy (non-hydrogen) atoms. The summed E-state index contributed by atoms with van der Waals surface area (Å²) in [5.41, 5.74) is 1.25. The Balaban J connectivity index is 0.00000176. The lowest BCUT2D eigenvalue weighted by Gasteiger charge is -2.22. The molecule has 2 rings (SSSR count). The highest BCUT2D eigenvalue weighted by Crippen LogP contribution is 2.12. The Morgan fingerprint density at radius 1 is 1.19 bits per heavy atom. The van der Waals surface area contributed by atoms with E-state index in [2.05, 4.69) is 5.32 Å². The van der Waals surface area contributed by atoms with Gasteiger partial charge in [-0.1, -0.05) is 44.2 Å². The molecule has 1 heterocycles. The third-order valence-electron chi connectivity index (χ3n) is 3.83. The first-order valence-corrected chi connectivity index (χ1v) is 9.14. The summed E-state index contributed by atoms with van der Waals surface area (Å²) >= 11 is 0. The SMILES string of the molecule is CC.CON(C)C(=O)C1C/C=C\COCCOCc2ccccc2C(=O)N1. The molecule has 1 aliphatic rings. The van der Waals surface area contributed by atoms with Gasteiger partial charge in [0.1, 0.15) is 6.04 Å². The van der Waals surface area contributed by atoms with Crippen LogP contribution in [0.4, 0.5) is 0 Å². The van der Waals surface area contributed by atoms with Crippen molar-refractivity contribution in [3.8, 4) is 0 Å². The predicted octanol–water partition coefficient (Wildman–Crippen LogP) is 2.32. The first-order valence-electron chi connectivity index (χ1n) is 9.14. The monoisotopic (exact) mass is 378 g/mol. The number of nitrogens with zero attached hydrogens (tertiary/aromatic N) is 1. The lowest BCUT2D eigenvalue weighted by molar-refractivity contribution is -0.170. The van der Waals surface area contributed by atoms with E-state index < -0.39 is 6.04 Å². The first-order chi connectivity index (χ1) is 13.1. The fraction of sp³-hybridized carbons (Fsp3) is 0.500. The van der Waals surface area contributed by atoms with E-state index in [9.17, 15) is 9.59 Å². The van der Waals surface area contributed by atoms with E-state index >= 15 is 0 Å². The van der Waals surface area contributed by atoms with Crippen LogP contribution in [0.5, 0.6) is 0 Å². The second-order valence-corrected chi connectivity index (χ2v) is 5.54. The Hall–Kier alpha value is -2.22. The van der Waals surface area contributed by atoms with Gasteiger partial charge in [-0.2, -0.15) is 0 Å². The number of nitrogens with one attached hydrogen (secondary N) is 1. The fourth-order valence-corrected chi connectivity index (χ4v) is 2.39. The van der Waals surface area contributed by atoms with E-state index in [1.807, 2.05) is 38.1 Å². The number of benzene rings is 1. The molecule has 1 aromatic rings. The molecule has 0 radical (unpaired) electrons. The number of ether oxygens (including phenoxy) is 2. The van der Waals surface area contributed by atoms with Crippen molar-refractivity contribution in [2.24, 2.45) is 0 Å². The molecular formula is C20H30N2O5. The van der Waals surface area contributed by atoms with Crippen molar-refractivity contribution < 1.29 is 23.9 Å². The smallest absolute Gasteiger partial charge is 0.268 e. The number of hydroxylamine groups is 2. The number of hydrogen-bond donors (Lipinski definition) is 1. The molecule has 0 spiro atoms. The van der Waals surface area contributed by atoms with Crippen molar-refractivity contribution in [2.45, 2.75) is 32.9 Å². The number of amides is 2. The van der Waals surface area contributed by atoms with Crippen LogP contribution in [-0.2, 0) is 25.7 Å². The zero-order chi connectivity index (χ0) is 20.1. The summed E-state index contributed by atoms with van der Waals surface area (Å²) in [6.07, 6.45) is 3.98. The van der Waals surface area contributed by atoms with Gasteiger partial charge in [0.25, 0.3) is 11.8 Å². The number of fused-ring (bicyclic) bond motifs is 1. The van der Waals surface area contributed by atoms with Gasteiger partial charge in [0.05, 0.1) is 33.5 Å². The number of likely N-dealkylation sites (N-methyl/N-ethyl adjacent to an activating group) is 1. The second-order valence-electron chi connectivity index (χ2n) is 5.54. The van der Waals surface area contributed by atoms with Gasteiger partial charge in [-0.05, 0) is 18.1 Å². The Kier molecular flexibility index (Phi) is 11.0. The Labute approximate surface area is 161 Å². The van der Waals surface area contributed by atoms with Crippen LogP contribution >= 0.6 is 0 Å². The molecule has 2 amide bonds. The van der Waals surface area contributed by atoms with E-state index in [1.54, 1.807) is 12.1 Å². The zero-order valence-corrected chi connectivity index (χ0v) is 16.6. The van der Waals surface area contributed by atoms with Gasteiger partial charge in [-0.3, -0.25) is 14.4 Å². The largest absolute Gasteiger partial charge is 0.375 e. The average molecular weight is 378 g/mol. The van der Waals surface area contributed by atoms with Crippen molar-refractivity contribution in [1.29, 1.82) is 0 Å². The number of hydrogen-bond acceptors (Lipinski definition) is 5. The summed E-state index contributed by atoms with van der Waals surface area (Å²) in [6.45, 7) is 5.64. The summed E-state index contributed by atoms with van der Waals surface area (Å²) in [7, 11) is 2.91. The maximum absolute atomic E-state index is 12.7. The Bertz CT molecular complexity index is 618. The molecule has 1 unspecified atom stereocenters. The molecule has 0 bridgehead atoms. The molecule has 0 aromatic heterocycles. The minimum atomic E-state index is -0.731. The van der Waals surface area contributed by atoms with Crippen LogP contribution in [0, 0.1) is 0 Å².